The molecule has 0 fully saturated rings. The summed E-state index contributed by atoms with van der Waals surface area (Å²) >= 11 is -1.36. The molecule has 5 heteroatoms. The van der Waals surface area contributed by atoms with Crippen molar-refractivity contribution in [1.82, 2.24) is 0 Å². The van der Waals surface area contributed by atoms with E-state index in [0.29, 0.717) is 0 Å². The summed E-state index contributed by atoms with van der Waals surface area (Å²) < 4.78 is 39.7. The second-order valence-corrected chi connectivity index (χ2v) is 7.08. The van der Waals surface area contributed by atoms with Crippen LogP contribution in [0.5, 0.6) is 0 Å². The molecule has 0 aliphatic rings. The molecule has 0 bridgehead atoms. The van der Waals surface area contributed by atoms with Crippen LogP contribution in [0.25, 0.3) is 0 Å². The van der Waals surface area contributed by atoms with Crippen LogP contribution < -0.4 is 0 Å². The molecule has 1 atom stereocenters. The maximum absolute atomic E-state index is 12.4. The first-order valence-electron chi connectivity index (χ1n) is 4.80. The molecule has 0 aliphatic heterocycles. The van der Waals surface area contributed by atoms with Crippen LogP contribution >= 0.6 is 0 Å². The third-order valence-electron chi connectivity index (χ3n) is 1.90. The van der Waals surface area contributed by atoms with Crippen molar-refractivity contribution in [2.75, 3.05) is 0 Å². The zero-order valence-electron chi connectivity index (χ0n) is 9.88. The Hall–Kier alpha value is -0.160. The van der Waals surface area contributed by atoms with Gasteiger partial charge in [0.15, 0.2) is 0 Å². The van der Waals surface area contributed by atoms with Gasteiger partial charge in [0.1, 0.15) is 16.1 Å². The van der Waals surface area contributed by atoms with Crippen molar-refractivity contribution in [3.05, 3.63) is 0 Å². The van der Waals surface area contributed by atoms with Crippen LogP contribution in [0.3, 0.4) is 0 Å². The fourth-order valence-electron chi connectivity index (χ4n) is 0.587. The molecule has 0 aliphatic carbocycles. The van der Waals surface area contributed by atoms with Gasteiger partial charge >= 0.3 is 0 Å². The molecule has 0 unspecified atom stereocenters. The molecule has 0 amide bonds. The van der Waals surface area contributed by atoms with Crippen LogP contribution in [-0.4, -0.2) is 21.9 Å². The minimum absolute atomic E-state index is 0.131. The van der Waals surface area contributed by atoms with Crippen LogP contribution in [0.15, 0.2) is 4.40 Å². The SMILES string of the molecule is CC(C)(C/C=N/[S@+]([O-])C(C)(C)C)C(F)F. The topological polar surface area (TPSA) is 35.4 Å². The maximum Gasteiger partial charge on any atom is 0.244 e. The molecule has 2 nitrogen and oxygen atoms in total. The minimum atomic E-state index is -2.40. The van der Waals surface area contributed by atoms with E-state index in [1.54, 1.807) is 20.8 Å². The monoisotopic (exact) mass is 239 g/mol. The highest BCUT2D eigenvalue weighted by molar-refractivity contribution is 7.91. The first kappa shape index (κ1) is 14.8. The Morgan fingerprint density at radius 1 is 1.27 bits per heavy atom. The summed E-state index contributed by atoms with van der Waals surface area (Å²) in [5.41, 5.74) is -1.11. The molecule has 15 heavy (non-hydrogen) atoms. The van der Waals surface area contributed by atoms with Crippen LogP contribution in [-0.2, 0) is 11.4 Å². The smallest absolute Gasteiger partial charge is 0.244 e. The van der Waals surface area contributed by atoms with E-state index < -0.39 is 27.9 Å². The Balaban J connectivity index is 4.22. The summed E-state index contributed by atoms with van der Waals surface area (Å²) in [6.07, 6.45) is -0.924. The second kappa shape index (κ2) is 5.25. The fourth-order valence-corrected chi connectivity index (χ4v) is 1.11. The molecule has 0 spiro atoms. The van der Waals surface area contributed by atoms with Crippen LogP contribution in [0.2, 0.25) is 0 Å². The van der Waals surface area contributed by atoms with Gasteiger partial charge in [-0.25, -0.2) is 8.78 Å². The van der Waals surface area contributed by atoms with Crippen molar-refractivity contribution < 1.29 is 13.3 Å². The first-order valence-corrected chi connectivity index (χ1v) is 5.91. The number of hydrogen-bond donors (Lipinski definition) is 0. The lowest BCUT2D eigenvalue weighted by atomic mass is 9.91. The predicted octanol–water partition coefficient (Wildman–Crippen LogP) is 3.20. The Labute approximate surface area is 93.5 Å². The van der Waals surface area contributed by atoms with Gasteiger partial charge in [-0.3, -0.25) is 0 Å². The normalized spacial score (nSPS) is 16.3. The summed E-state index contributed by atoms with van der Waals surface area (Å²) in [6, 6.07) is 0. The van der Waals surface area contributed by atoms with Crippen molar-refractivity contribution in [3.63, 3.8) is 0 Å². The number of hydrogen-bond acceptors (Lipinski definition) is 2. The lowest BCUT2D eigenvalue weighted by molar-refractivity contribution is 0.0253. The molecule has 0 rings (SSSR count). The average molecular weight is 239 g/mol. The molecular weight excluding hydrogens is 220 g/mol. The van der Waals surface area contributed by atoms with E-state index in [4.69, 9.17) is 0 Å². The number of alkyl halides is 2. The summed E-state index contributed by atoms with van der Waals surface area (Å²) in [5.74, 6) is 0. The standard InChI is InChI=1S/C10H19F2NOS/c1-9(2,3)15(14)13-7-6-10(4,5)8(11)12/h7-8H,6H2,1-5H3/b13-7+/t15-/m1/s1. The van der Waals surface area contributed by atoms with E-state index in [0.717, 1.165) is 0 Å². The van der Waals surface area contributed by atoms with Gasteiger partial charge in [0, 0.05) is 5.41 Å². The molecule has 0 saturated carbocycles. The quantitative estimate of drug-likeness (QED) is 0.548. The number of halogens is 2. The molecule has 90 valence electrons. The number of rotatable bonds is 4. The van der Waals surface area contributed by atoms with E-state index in [-0.39, 0.29) is 6.42 Å². The Morgan fingerprint density at radius 2 is 1.73 bits per heavy atom. The predicted molar refractivity (Wildman–Crippen MR) is 60.8 cm³/mol. The van der Waals surface area contributed by atoms with E-state index in [1.807, 2.05) is 0 Å². The summed E-state index contributed by atoms with van der Waals surface area (Å²) in [7, 11) is 0. The summed E-state index contributed by atoms with van der Waals surface area (Å²) in [5, 5.41) is 0. The lowest BCUT2D eigenvalue weighted by Crippen LogP contribution is -2.27. The van der Waals surface area contributed by atoms with Crippen molar-refractivity contribution in [1.29, 1.82) is 0 Å². The molecule has 0 radical (unpaired) electrons. The van der Waals surface area contributed by atoms with Crippen molar-refractivity contribution in [3.8, 4) is 0 Å². The van der Waals surface area contributed by atoms with E-state index >= 15 is 0 Å². The van der Waals surface area contributed by atoms with Crippen LogP contribution in [0.1, 0.15) is 41.0 Å². The van der Waals surface area contributed by atoms with Crippen LogP contribution in [0.4, 0.5) is 8.78 Å². The second-order valence-electron chi connectivity index (χ2n) is 5.14. The zero-order chi connectivity index (χ0) is 12.3. The van der Waals surface area contributed by atoms with Gasteiger partial charge in [0.25, 0.3) is 0 Å². The van der Waals surface area contributed by atoms with Gasteiger partial charge in [-0.1, -0.05) is 18.2 Å². The van der Waals surface area contributed by atoms with Crippen molar-refractivity contribution >= 4 is 17.6 Å². The van der Waals surface area contributed by atoms with E-state index in [9.17, 15) is 13.3 Å². The minimum Gasteiger partial charge on any atom is -0.591 e. The van der Waals surface area contributed by atoms with Crippen LogP contribution in [0, 0.1) is 5.41 Å². The summed E-state index contributed by atoms with van der Waals surface area (Å²) in [6.45, 7) is 8.30. The maximum atomic E-state index is 12.4. The highest BCUT2D eigenvalue weighted by atomic mass is 32.2. The van der Waals surface area contributed by atoms with Crippen molar-refractivity contribution in [2.24, 2.45) is 9.81 Å². The molecule has 0 aromatic rings. The molecular formula is C10H19F2NOS. The molecule has 0 N–H and O–H groups in total. The third kappa shape index (κ3) is 5.47. The third-order valence-corrected chi connectivity index (χ3v) is 3.29. The fraction of sp³-hybridized carbons (Fsp3) is 0.900. The Morgan fingerprint density at radius 3 is 2.07 bits per heavy atom. The highest BCUT2D eigenvalue weighted by Crippen LogP contribution is 2.28. The average Bonchev–Trinajstić information content (AvgIpc) is 2.01. The van der Waals surface area contributed by atoms with Gasteiger partial charge in [0.2, 0.25) is 6.43 Å². The molecule has 0 saturated heterocycles. The highest BCUT2D eigenvalue weighted by Gasteiger charge is 2.30. The largest absolute Gasteiger partial charge is 0.591 e. The lowest BCUT2D eigenvalue weighted by Gasteiger charge is -2.21. The van der Waals surface area contributed by atoms with Crippen molar-refractivity contribution in [2.45, 2.75) is 52.2 Å². The number of nitrogens with zero attached hydrogens (tertiary/aromatic N) is 1. The molecule has 0 heterocycles. The van der Waals surface area contributed by atoms with Gasteiger partial charge in [-0.15, -0.1) is 0 Å². The Bertz CT molecular complexity index is 224. The summed E-state index contributed by atoms with van der Waals surface area (Å²) in [4.78, 5) is 0. The van der Waals surface area contributed by atoms with E-state index in [1.165, 1.54) is 20.1 Å². The van der Waals surface area contributed by atoms with Gasteiger partial charge in [-0.05, 0) is 27.2 Å². The van der Waals surface area contributed by atoms with Gasteiger partial charge in [0.05, 0.1) is 6.21 Å². The van der Waals surface area contributed by atoms with E-state index in [2.05, 4.69) is 4.40 Å². The molecule has 0 aromatic heterocycles. The Kier molecular flexibility index (Phi) is 5.20. The van der Waals surface area contributed by atoms with Gasteiger partial charge in [-0.2, -0.15) is 0 Å². The zero-order valence-corrected chi connectivity index (χ0v) is 10.7. The first-order chi connectivity index (χ1) is 6.57. The molecule has 0 aromatic carbocycles. The van der Waals surface area contributed by atoms with Gasteiger partial charge < -0.3 is 4.55 Å².